The van der Waals surface area contributed by atoms with Crippen molar-refractivity contribution in [2.24, 2.45) is 0 Å². The maximum atomic E-state index is 11.7. The molecule has 8 heteroatoms. The van der Waals surface area contributed by atoms with Crippen LogP contribution in [0.3, 0.4) is 0 Å². The maximum absolute atomic E-state index is 11.7. The molecule has 29 heavy (non-hydrogen) atoms. The number of carboxylic acid groups (broad SMARTS) is 1. The van der Waals surface area contributed by atoms with Crippen LogP contribution in [-0.4, -0.2) is 16.2 Å². The average molecular weight is 610 g/mol. The third-order valence-corrected chi connectivity index (χ3v) is 4.20. The fourth-order valence-corrected chi connectivity index (χ4v) is 2.99. The van der Waals surface area contributed by atoms with Crippen molar-refractivity contribution < 1.29 is 118 Å². The smallest absolute Gasteiger partial charge is 0.336 e. The van der Waals surface area contributed by atoms with E-state index in [4.69, 9.17) is 4.42 Å². The number of hydrogen-bond donors (Lipinski definition) is 2. The summed E-state index contributed by atoms with van der Waals surface area (Å²) in [5.41, 5.74) is 1.93. The van der Waals surface area contributed by atoms with Crippen LogP contribution < -0.4 is 5.43 Å². The molecule has 0 unspecified atom stereocenters. The van der Waals surface area contributed by atoms with E-state index in [9.17, 15) is 19.8 Å². The molecule has 2 aliphatic rings. The number of benzene rings is 3. The second-order valence-corrected chi connectivity index (χ2v) is 5.86. The molecule has 2 aromatic rings. The minimum atomic E-state index is -1.07. The summed E-state index contributed by atoms with van der Waals surface area (Å²) in [5, 5.41) is 20.1. The molecular formula is C21H11O5Y3-3. The third-order valence-electron chi connectivity index (χ3n) is 4.20. The topological polar surface area (TPSA) is 87.7 Å². The molecule has 5 nitrogen and oxygen atoms in total. The molecular weight excluding hydrogens is 599 g/mol. The maximum Gasteiger partial charge on any atom is 0.336 e. The summed E-state index contributed by atoms with van der Waals surface area (Å²) in [4.78, 5) is 23.3. The fourth-order valence-electron chi connectivity index (χ4n) is 2.99. The van der Waals surface area contributed by atoms with Crippen molar-refractivity contribution in [3.05, 3.63) is 75.9 Å². The van der Waals surface area contributed by atoms with Gasteiger partial charge in [-0.2, -0.15) is 11.6 Å². The van der Waals surface area contributed by atoms with E-state index < -0.39 is 11.4 Å². The van der Waals surface area contributed by atoms with E-state index >= 15 is 0 Å². The first-order chi connectivity index (χ1) is 12.5. The van der Waals surface area contributed by atoms with Crippen molar-refractivity contribution in [3.63, 3.8) is 0 Å². The summed E-state index contributed by atoms with van der Waals surface area (Å²) in [6.07, 6.45) is 0. The Morgan fingerprint density at radius 3 is 2.45 bits per heavy atom. The Hall–Kier alpha value is -0.288. The summed E-state index contributed by atoms with van der Waals surface area (Å²) in [5.74, 6) is -1.01. The predicted octanol–water partition coefficient (Wildman–Crippen LogP) is 3.67. The van der Waals surface area contributed by atoms with Crippen LogP contribution in [0.5, 0.6) is 5.75 Å². The summed E-state index contributed by atoms with van der Waals surface area (Å²) in [6, 6.07) is 17.6. The zero-order valence-electron chi connectivity index (χ0n) is 15.3. The quantitative estimate of drug-likeness (QED) is 0.268. The zero-order chi connectivity index (χ0) is 18.4. The van der Waals surface area contributed by atoms with Gasteiger partial charge in [-0.3, -0.25) is 12.1 Å². The fraction of sp³-hybridized carbons (Fsp3) is 0.0476. The van der Waals surface area contributed by atoms with Crippen LogP contribution in [0, 0.1) is 25.1 Å². The normalized spacial score (nSPS) is 9.97. The average Bonchev–Trinajstić information content (AvgIpc) is 2.61. The van der Waals surface area contributed by atoms with Gasteiger partial charge in [0, 0.05) is 109 Å². The molecule has 1 heterocycles. The van der Waals surface area contributed by atoms with Crippen LogP contribution in [0.4, 0.5) is 0 Å². The second-order valence-electron chi connectivity index (χ2n) is 5.86. The van der Waals surface area contributed by atoms with Gasteiger partial charge in [0.1, 0.15) is 0 Å². The number of phenolic OH excluding ortho intramolecular Hbond substituents is 1. The molecule has 0 saturated carbocycles. The number of fused-ring (bicyclic) bond motifs is 2. The van der Waals surface area contributed by atoms with Gasteiger partial charge in [-0.15, -0.1) is 10.9 Å². The Bertz CT molecular complexity index is 1220. The van der Waals surface area contributed by atoms with E-state index in [1.54, 1.807) is 31.2 Å². The van der Waals surface area contributed by atoms with Crippen molar-refractivity contribution in [2.75, 3.05) is 0 Å². The first kappa shape index (κ1) is 26.7. The molecule has 0 bridgehead atoms. The number of carbonyl (C=O) groups is 1. The first-order valence-electron chi connectivity index (χ1n) is 7.75. The molecule has 1 aliphatic carbocycles. The van der Waals surface area contributed by atoms with E-state index in [1.165, 1.54) is 12.1 Å². The number of rotatable bonds is 2. The van der Waals surface area contributed by atoms with Crippen LogP contribution in [-0.2, 0) is 98.1 Å². The minimum absolute atomic E-state index is 0. The zero-order valence-corrected chi connectivity index (χ0v) is 23.8. The molecule has 1 aliphatic heterocycles. The van der Waals surface area contributed by atoms with Crippen LogP contribution >= 0.6 is 0 Å². The van der Waals surface area contributed by atoms with Crippen LogP contribution in [0.1, 0.15) is 15.9 Å². The Morgan fingerprint density at radius 1 is 1.07 bits per heavy atom. The molecule has 0 atom stereocenters. The molecule has 0 amide bonds. The predicted molar refractivity (Wildman–Crippen MR) is 94.4 cm³/mol. The van der Waals surface area contributed by atoms with Gasteiger partial charge in [0.05, 0.1) is 5.56 Å². The Balaban J connectivity index is 0.00000140. The van der Waals surface area contributed by atoms with Gasteiger partial charge in [-0.05, 0) is 11.6 Å². The molecule has 0 aromatic heterocycles. The first-order valence-corrected chi connectivity index (χ1v) is 7.75. The summed E-state index contributed by atoms with van der Waals surface area (Å²) in [7, 11) is 0. The van der Waals surface area contributed by atoms with Crippen molar-refractivity contribution in [2.45, 2.75) is 6.92 Å². The van der Waals surface area contributed by atoms with Crippen LogP contribution in [0.25, 0.3) is 33.4 Å². The van der Waals surface area contributed by atoms with Gasteiger partial charge in [0.15, 0.2) is 0 Å². The molecule has 0 spiro atoms. The molecule has 2 N–H and O–H groups in total. The van der Waals surface area contributed by atoms with Crippen molar-refractivity contribution in [3.8, 4) is 28.2 Å². The summed E-state index contributed by atoms with van der Waals surface area (Å²) in [6.45, 7) is 1.71. The number of phenols is 1. The van der Waals surface area contributed by atoms with Crippen LogP contribution in [0.15, 0.2) is 45.6 Å². The van der Waals surface area contributed by atoms with Crippen LogP contribution in [0.2, 0.25) is 0 Å². The Morgan fingerprint density at radius 2 is 1.76 bits per heavy atom. The standard InChI is InChI=1S/C21H11O5.3Y/c1-11-8-16-19(10-17(11)23)26-18-9-12(22)6-7-15(18)20(16)13-4-2-3-5-14(13)21(24)25;;;/h2-5,7-8,23H,1H3,(H,24,25);;;/q-3;;;. The monoisotopic (exact) mass is 610 g/mol. The van der Waals surface area contributed by atoms with E-state index in [0.29, 0.717) is 27.6 Å². The van der Waals surface area contributed by atoms with Gasteiger partial charge < -0.3 is 25.5 Å². The second kappa shape index (κ2) is 10.8. The Kier molecular flexibility index (Phi) is 10.00. The van der Waals surface area contributed by atoms with Crippen molar-refractivity contribution in [1.29, 1.82) is 0 Å². The van der Waals surface area contributed by atoms with Crippen molar-refractivity contribution in [1.82, 2.24) is 0 Å². The number of aromatic hydroxyl groups is 1. The number of aryl methyl sites for hydroxylation is 1. The van der Waals surface area contributed by atoms with E-state index in [-0.39, 0.29) is 121 Å². The molecule has 3 radical (unpaired) electrons. The SMILES string of the molecule is Cc1cc2c(-c3ccccc3C(=O)O)c3c[c-]c(=O)[c-]c-3oc2[c-]c1O.[Y].[Y].[Y]. The summed E-state index contributed by atoms with van der Waals surface area (Å²) < 4.78 is 5.69. The number of carboxylic acids is 1. The van der Waals surface area contributed by atoms with Gasteiger partial charge in [-0.25, -0.2) is 10.4 Å². The molecule has 0 fully saturated rings. The number of hydrogen-bond acceptors (Lipinski definition) is 4. The van der Waals surface area contributed by atoms with Gasteiger partial charge in [0.2, 0.25) is 0 Å². The van der Waals surface area contributed by atoms with E-state index in [2.05, 4.69) is 18.2 Å². The third kappa shape index (κ3) is 5.14. The molecule has 137 valence electrons. The molecule has 0 saturated heterocycles. The Labute approximate surface area is 242 Å². The minimum Gasteiger partial charge on any atom is -0.534 e. The number of aromatic carboxylic acids is 1. The van der Waals surface area contributed by atoms with Gasteiger partial charge in [0.25, 0.3) is 0 Å². The summed E-state index contributed by atoms with van der Waals surface area (Å²) >= 11 is 0. The molecule has 2 aromatic carbocycles. The van der Waals surface area contributed by atoms with Gasteiger partial charge >= 0.3 is 5.97 Å². The van der Waals surface area contributed by atoms with Gasteiger partial charge in [-0.1, -0.05) is 42.4 Å². The van der Waals surface area contributed by atoms with E-state index in [0.717, 1.165) is 0 Å². The van der Waals surface area contributed by atoms with Crippen molar-refractivity contribution >= 4 is 16.9 Å². The largest absolute Gasteiger partial charge is 0.534 e. The molecule has 4 rings (SSSR count). The van der Waals surface area contributed by atoms with E-state index in [1.807, 2.05) is 0 Å².